The predicted molar refractivity (Wildman–Crippen MR) is 72.8 cm³/mol. The van der Waals surface area contributed by atoms with Crippen molar-refractivity contribution in [3.8, 4) is 0 Å². The number of para-hydroxylation sites is 1. The van der Waals surface area contributed by atoms with Gasteiger partial charge in [0, 0.05) is 24.7 Å². The monoisotopic (exact) mass is 258 g/mol. The molecule has 1 aromatic carbocycles. The van der Waals surface area contributed by atoms with Crippen molar-refractivity contribution in [1.82, 2.24) is 5.32 Å². The third kappa shape index (κ3) is 2.35. The number of rotatable bonds is 4. The Labute approximate surface area is 112 Å². The summed E-state index contributed by atoms with van der Waals surface area (Å²) in [7, 11) is 0. The molecule has 0 saturated heterocycles. The van der Waals surface area contributed by atoms with Crippen LogP contribution in [-0.2, 0) is 16.0 Å². The highest BCUT2D eigenvalue weighted by Crippen LogP contribution is 2.28. The van der Waals surface area contributed by atoms with Crippen LogP contribution in [0.3, 0.4) is 0 Å². The molecule has 0 radical (unpaired) electrons. The summed E-state index contributed by atoms with van der Waals surface area (Å²) in [4.78, 5) is 25.4. The number of hydrogen-bond donors (Lipinski definition) is 1. The van der Waals surface area contributed by atoms with E-state index >= 15 is 0 Å². The summed E-state index contributed by atoms with van der Waals surface area (Å²) >= 11 is 0. The van der Waals surface area contributed by atoms with Gasteiger partial charge in [0.2, 0.25) is 11.8 Å². The molecule has 0 atom stereocenters. The van der Waals surface area contributed by atoms with E-state index in [1.807, 2.05) is 24.3 Å². The lowest BCUT2D eigenvalue weighted by atomic mass is 9.85. The first-order valence-corrected chi connectivity index (χ1v) is 6.91. The van der Waals surface area contributed by atoms with Crippen LogP contribution in [0.5, 0.6) is 0 Å². The third-order valence-electron chi connectivity index (χ3n) is 4.04. The first kappa shape index (κ1) is 12.2. The predicted octanol–water partition coefficient (Wildman–Crippen LogP) is 1.49. The lowest BCUT2D eigenvalue weighted by Gasteiger charge is -2.25. The molecule has 1 fully saturated rings. The van der Waals surface area contributed by atoms with E-state index in [4.69, 9.17) is 0 Å². The molecule has 1 heterocycles. The molecule has 2 amide bonds. The van der Waals surface area contributed by atoms with Gasteiger partial charge < -0.3 is 10.2 Å². The largest absolute Gasteiger partial charge is 0.354 e. The van der Waals surface area contributed by atoms with Crippen molar-refractivity contribution in [2.24, 2.45) is 5.92 Å². The van der Waals surface area contributed by atoms with E-state index in [1.165, 1.54) is 0 Å². The molecule has 1 aromatic rings. The molecule has 3 rings (SSSR count). The fraction of sp³-hybridized carbons (Fsp3) is 0.467. The molecule has 1 saturated carbocycles. The van der Waals surface area contributed by atoms with Gasteiger partial charge in [-0.2, -0.15) is 0 Å². The molecule has 0 spiro atoms. The van der Waals surface area contributed by atoms with Crippen LogP contribution in [0.4, 0.5) is 5.69 Å². The molecule has 0 aromatic heterocycles. The molecule has 0 bridgehead atoms. The Bertz CT molecular complexity index is 509. The zero-order valence-electron chi connectivity index (χ0n) is 10.9. The molecule has 4 heteroatoms. The van der Waals surface area contributed by atoms with Crippen molar-refractivity contribution >= 4 is 17.5 Å². The number of nitrogens with zero attached hydrogens (tertiary/aromatic N) is 1. The van der Waals surface area contributed by atoms with E-state index in [2.05, 4.69) is 5.32 Å². The van der Waals surface area contributed by atoms with Crippen LogP contribution in [0.25, 0.3) is 0 Å². The van der Waals surface area contributed by atoms with Gasteiger partial charge in [0.05, 0.1) is 6.42 Å². The van der Waals surface area contributed by atoms with Gasteiger partial charge in [0.25, 0.3) is 0 Å². The number of carbonyl (C=O) groups is 2. The number of benzene rings is 1. The molecule has 1 N–H and O–H groups in total. The summed E-state index contributed by atoms with van der Waals surface area (Å²) < 4.78 is 0. The van der Waals surface area contributed by atoms with Crippen LogP contribution in [-0.4, -0.2) is 24.9 Å². The number of carbonyl (C=O) groups excluding carboxylic acids is 2. The zero-order chi connectivity index (χ0) is 13.2. The first-order valence-electron chi connectivity index (χ1n) is 6.91. The molecule has 0 unspecified atom stereocenters. The van der Waals surface area contributed by atoms with Crippen LogP contribution in [0.1, 0.15) is 24.8 Å². The highest BCUT2D eigenvalue weighted by Gasteiger charge is 2.27. The van der Waals surface area contributed by atoms with Crippen molar-refractivity contribution in [1.29, 1.82) is 0 Å². The summed E-state index contributed by atoms with van der Waals surface area (Å²) in [5.41, 5.74) is 2.07. The van der Waals surface area contributed by atoms with Gasteiger partial charge in [-0.15, -0.1) is 0 Å². The lowest BCUT2D eigenvalue weighted by Crippen LogP contribution is -2.40. The lowest BCUT2D eigenvalue weighted by molar-refractivity contribution is -0.127. The van der Waals surface area contributed by atoms with Crippen molar-refractivity contribution in [3.05, 3.63) is 29.8 Å². The summed E-state index contributed by atoms with van der Waals surface area (Å²) in [5.74, 6) is 0.479. The van der Waals surface area contributed by atoms with Gasteiger partial charge >= 0.3 is 0 Å². The van der Waals surface area contributed by atoms with E-state index < -0.39 is 0 Å². The van der Waals surface area contributed by atoms with E-state index in [9.17, 15) is 9.59 Å². The maximum atomic E-state index is 11.9. The van der Waals surface area contributed by atoms with Crippen LogP contribution in [0, 0.1) is 5.92 Å². The van der Waals surface area contributed by atoms with Crippen molar-refractivity contribution < 1.29 is 9.59 Å². The van der Waals surface area contributed by atoms with E-state index in [0.29, 0.717) is 19.5 Å². The molecule has 100 valence electrons. The van der Waals surface area contributed by atoms with Gasteiger partial charge in [-0.3, -0.25) is 9.59 Å². The second-order valence-corrected chi connectivity index (χ2v) is 5.27. The van der Waals surface area contributed by atoms with Crippen LogP contribution < -0.4 is 10.2 Å². The molecule has 1 aliphatic carbocycles. The molecule has 19 heavy (non-hydrogen) atoms. The van der Waals surface area contributed by atoms with Gasteiger partial charge in [-0.05, 0) is 24.5 Å². The zero-order valence-corrected chi connectivity index (χ0v) is 10.9. The minimum atomic E-state index is 0.124. The molecule has 2 aliphatic rings. The Morgan fingerprint density at radius 1 is 1.32 bits per heavy atom. The molecule has 1 aliphatic heterocycles. The number of fused-ring (bicyclic) bond motifs is 1. The third-order valence-corrected chi connectivity index (χ3v) is 4.04. The van der Waals surface area contributed by atoms with E-state index in [1.54, 1.807) is 4.90 Å². The average molecular weight is 258 g/mol. The Morgan fingerprint density at radius 2 is 2.11 bits per heavy atom. The fourth-order valence-electron chi connectivity index (χ4n) is 2.67. The fourth-order valence-corrected chi connectivity index (χ4v) is 2.67. The summed E-state index contributed by atoms with van der Waals surface area (Å²) in [5, 5.41) is 2.93. The van der Waals surface area contributed by atoms with Crippen molar-refractivity contribution in [2.75, 3.05) is 18.0 Å². The van der Waals surface area contributed by atoms with Gasteiger partial charge in [0.15, 0.2) is 0 Å². The Kier molecular flexibility index (Phi) is 3.23. The van der Waals surface area contributed by atoms with Gasteiger partial charge in [0.1, 0.15) is 0 Å². The second kappa shape index (κ2) is 5.03. The van der Waals surface area contributed by atoms with Crippen molar-refractivity contribution in [3.63, 3.8) is 0 Å². The highest BCUT2D eigenvalue weighted by molar-refractivity contribution is 6.01. The average Bonchev–Trinajstić information content (AvgIpc) is 2.64. The van der Waals surface area contributed by atoms with Crippen LogP contribution in [0.15, 0.2) is 24.3 Å². The number of anilines is 1. The minimum Gasteiger partial charge on any atom is -0.354 e. The maximum absolute atomic E-state index is 11.9. The molecular formula is C15H18N2O2. The normalized spacial score (nSPS) is 18.1. The van der Waals surface area contributed by atoms with Gasteiger partial charge in [-0.25, -0.2) is 0 Å². The Hall–Kier alpha value is -1.84. The van der Waals surface area contributed by atoms with Crippen LogP contribution in [0.2, 0.25) is 0 Å². The van der Waals surface area contributed by atoms with Crippen molar-refractivity contribution in [2.45, 2.75) is 25.7 Å². The quantitative estimate of drug-likeness (QED) is 0.889. The SMILES string of the molecule is O=C(NCCN1C(=O)Cc2ccccc21)C1CCC1. The Morgan fingerprint density at radius 3 is 2.84 bits per heavy atom. The smallest absolute Gasteiger partial charge is 0.231 e. The molecule has 4 nitrogen and oxygen atoms in total. The topological polar surface area (TPSA) is 49.4 Å². The maximum Gasteiger partial charge on any atom is 0.231 e. The highest BCUT2D eigenvalue weighted by atomic mass is 16.2. The van der Waals surface area contributed by atoms with E-state index in [-0.39, 0.29) is 17.7 Å². The standard InChI is InChI=1S/C15H18N2O2/c18-14-10-12-4-1-2-7-13(12)17(14)9-8-16-15(19)11-5-3-6-11/h1-2,4,7,11H,3,5-6,8-10H2,(H,16,19). The second-order valence-electron chi connectivity index (χ2n) is 5.27. The Balaban J connectivity index is 1.55. The first-order chi connectivity index (χ1) is 9.25. The number of amides is 2. The summed E-state index contributed by atoms with van der Waals surface area (Å²) in [6.07, 6.45) is 3.66. The minimum absolute atomic E-state index is 0.124. The van der Waals surface area contributed by atoms with E-state index in [0.717, 1.165) is 30.5 Å². The number of hydrogen-bond acceptors (Lipinski definition) is 2. The van der Waals surface area contributed by atoms with Gasteiger partial charge in [-0.1, -0.05) is 24.6 Å². The summed E-state index contributed by atoms with van der Waals surface area (Å²) in [6.45, 7) is 1.10. The number of nitrogens with one attached hydrogen (secondary N) is 1. The molecular weight excluding hydrogens is 240 g/mol. The summed E-state index contributed by atoms with van der Waals surface area (Å²) in [6, 6.07) is 7.85. The van der Waals surface area contributed by atoms with Crippen LogP contribution >= 0.6 is 0 Å².